The van der Waals surface area contributed by atoms with Crippen LogP contribution in [-0.4, -0.2) is 56.6 Å². The highest BCUT2D eigenvalue weighted by atomic mass is 16.1. The smallest absolute Gasteiger partial charge is 0.276 e. The SMILES string of the molecule is O=C(Nc1ccccc1)c1ccc(N2CCN(Cc3cn4ccccc4n3)CC2)nn1. The fraction of sp³-hybridized carbons (Fsp3) is 0.217. The first-order valence-corrected chi connectivity index (χ1v) is 10.3. The van der Waals surface area contributed by atoms with Gasteiger partial charge in [-0.2, -0.15) is 0 Å². The van der Waals surface area contributed by atoms with Gasteiger partial charge in [-0.1, -0.05) is 24.3 Å². The lowest BCUT2D eigenvalue weighted by molar-refractivity contribution is 0.102. The number of anilines is 2. The molecule has 1 saturated heterocycles. The second-order valence-electron chi connectivity index (χ2n) is 7.56. The number of aromatic nitrogens is 4. The zero-order valence-electron chi connectivity index (χ0n) is 17.1. The largest absolute Gasteiger partial charge is 0.353 e. The summed E-state index contributed by atoms with van der Waals surface area (Å²) in [4.78, 5) is 21.6. The zero-order valence-corrected chi connectivity index (χ0v) is 17.1. The molecule has 4 aromatic rings. The second-order valence-corrected chi connectivity index (χ2v) is 7.56. The van der Waals surface area contributed by atoms with E-state index in [1.165, 1.54) is 0 Å². The quantitative estimate of drug-likeness (QED) is 0.542. The summed E-state index contributed by atoms with van der Waals surface area (Å²) in [5.74, 6) is 0.533. The molecule has 4 heterocycles. The van der Waals surface area contributed by atoms with E-state index in [-0.39, 0.29) is 5.91 Å². The summed E-state index contributed by atoms with van der Waals surface area (Å²) >= 11 is 0. The van der Waals surface area contributed by atoms with Crippen molar-refractivity contribution in [2.24, 2.45) is 0 Å². The van der Waals surface area contributed by atoms with E-state index in [2.05, 4.69) is 40.9 Å². The van der Waals surface area contributed by atoms with E-state index < -0.39 is 0 Å². The molecule has 1 fully saturated rings. The number of hydrogen-bond acceptors (Lipinski definition) is 6. The van der Waals surface area contributed by atoms with Crippen LogP contribution in [0.3, 0.4) is 0 Å². The van der Waals surface area contributed by atoms with Gasteiger partial charge >= 0.3 is 0 Å². The van der Waals surface area contributed by atoms with Gasteiger partial charge in [0, 0.05) is 50.8 Å². The van der Waals surface area contributed by atoms with Crippen molar-refractivity contribution in [3.63, 3.8) is 0 Å². The number of pyridine rings is 1. The van der Waals surface area contributed by atoms with Gasteiger partial charge in [0.05, 0.1) is 5.69 Å². The molecule has 0 unspecified atom stereocenters. The number of carbonyl (C=O) groups is 1. The zero-order chi connectivity index (χ0) is 21.0. The molecule has 31 heavy (non-hydrogen) atoms. The van der Waals surface area contributed by atoms with Crippen LogP contribution in [0.1, 0.15) is 16.2 Å². The third kappa shape index (κ3) is 4.39. The Labute approximate surface area is 180 Å². The average molecular weight is 413 g/mol. The molecule has 1 amide bonds. The van der Waals surface area contributed by atoms with E-state index >= 15 is 0 Å². The fourth-order valence-electron chi connectivity index (χ4n) is 3.76. The first-order chi connectivity index (χ1) is 15.2. The molecule has 1 aliphatic rings. The van der Waals surface area contributed by atoms with Crippen LogP contribution >= 0.6 is 0 Å². The maximum absolute atomic E-state index is 12.3. The Morgan fingerprint density at radius 2 is 1.71 bits per heavy atom. The molecule has 0 saturated carbocycles. The van der Waals surface area contributed by atoms with Crippen LogP contribution in [0, 0.1) is 0 Å². The number of para-hydroxylation sites is 1. The highest BCUT2D eigenvalue weighted by Crippen LogP contribution is 2.15. The van der Waals surface area contributed by atoms with Gasteiger partial charge in [-0.3, -0.25) is 9.69 Å². The Morgan fingerprint density at radius 1 is 0.903 bits per heavy atom. The molecule has 0 aliphatic carbocycles. The Kier molecular flexibility index (Phi) is 5.28. The standard InChI is InChI=1S/C23H23N7O/c31-23(25-18-6-2-1-3-7-18)20-9-10-22(27-26-20)29-14-12-28(13-15-29)16-19-17-30-11-5-4-8-21(30)24-19/h1-11,17H,12-16H2,(H,25,31). The third-order valence-corrected chi connectivity index (χ3v) is 5.41. The molecular weight excluding hydrogens is 390 g/mol. The fourth-order valence-corrected chi connectivity index (χ4v) is 3.76. The summed E-state index contributed by atoms with van der Waals surface area (Å²) in [6.45, 7) is 4.40. The molecule has 8 nitrogen and oxygen atoms in total. The molecule has 1 N–H and O–H groups in total. The van der Waals surface area contributed by atoms with E-state index in [4.69, 9.17) is 0 Å². The van der Waals surface area contributed by atoms with Crippen LogP contribution in [-0.2, 0) is 6.54 Å². The number of rotatable bonds is 5. The molecule has 0 bridgehead atoms. The van der Waals surface area contributed by atoms with Crippen LogP contribution in [0.2, 0.25) is 0 Å². The highest BCUT2D eigenvalue weighted by molar-refractivity contribution is 6.02. The van der Waals surface area contributed by atoms with E-state index in [0.717, 1.165) is 55.6 Å². The van der Waals surface area contributed by atoms with E-state index in [0.29, 0.717) is 5.69 Å². The van der Waals surface area contributed by atoms with Crippen molar-refractivity contribution < 1.29 is 4.79 Å². The first-order valence-electron chi connectivity index (χ1n) is 10.3. The molecule has 3 aromatic heterocycles. The molecule has 0 radical (unpaired) electrons. The lowest BCUT2D eigenvalue weighted by Gasteiger charge is -2.34. The molecule has 8 heteroatoms. The summed E-state index contributed by atoms with van der Waals surface area (Å²) in [5, 5.41) is 11.2. The minimum absolute atomic E-state index is 0.262. The van der Waals surface area contributed by atoms with E-state index in [9.17, 15) is 4.79 Å². The molecule has 1 aromatic carbocycles. The summed E-state index contributed by atoms with van der Waals surface area (Å²) in [6.07, 6.45) is 4.11. The number of imidazole rings is 1. The minimum atomic E-state index is -0.262. The molecule has 0 atom stereocenters. The molecular formula is C23H23N7O. The lowest BCUT2D eigenvalue weighted by atomic mass is 10.2. The van der Waals surface area contributed by atoms with Crippen molar-refractivity contribution in [2.75, 3.05) is 36.4 Å². The highest BCUT2D eigenvalue weighted by Gasteiger charge is 2.20. The third-order valence-electron chi connectivity index (χ3n) is 5.41. The van der Waals surface area contributed by atoms with Gasteiger partial charge in [0.25, 0.3) is 5.91 Å². The van der Waals surface area contributed by atoms with E-state index in [1.807, 2.05) is 60.8 Å². The minimum Gasteiger partial charge on any atom is -0.353 e. The average Bonchev–Trinajstić information content (AvgIpc) is 3.23. The Balaban J connectivity index is 1.16. The van der Waals surface area contributed by atoms with Crippen LogP contribution < -0.4 is 10.2 Å². The predicted molar refractivity (Wildman–Crippen MR) is 119 cm³/mol. The Bertz CT molecular complexity index is 1130. The number of nitrogens with zero attached hydrogens (tertiary/aromatic N) is 6. The van der Waals surface area contributed by atoms with Crippen molar-refractivity contribution in [3.8, 4) is 0 Å². The van der Waals surface area contributed by atoms with Crippen LogP contribution in [0.25, 0.3) is 5.65 Å². The van der Waals surface area contributed by atoms with Gasteiger partial charge in [-0.25, -0.2) is 4.98 Å². The van der Waals surface area contributed by atoms with Crippen LogP contribution in [0.15, 0.2) is 73.1 Å². The summed E-state index contributed by atoms with van der Waals surface area (Å²) in [5.41, 5.74) is 3.09. The molecule has 156 valence electrons. The molecule has 1 aliphatic heterocycles. The topological polar surface area (TPSA) is 78.7 Å². The predicted octanol–water partition coefficient (Wildman–Crippen LogP) is 2.70. The number of hydrogen-bond donors (Lipinski definition) is 1. The van der Waals surface area contributed by atoms with Crippen molar-refractivity contribution >= 4 is 23.1 Å². The van der Waals surface area contributed by atoms with Gasteiger partial charge in [0.2, 0.25) is 0 Å². The number of benzene rings is 1. The Morgan fingerprint density at radius 3 is 2.45 bits per heavy atom. The monoisotopic (exact) mass is 413 g/mol. The van der Waals surface area contributed by atoms with Crippen LogP contribution in [0.5, 0.6) is 0 Å². The van der Waals surface area contributed by atoms with Crippen molar-refractivity contribution in [2.45, 2.75) is 6.54 Å². The van der Waals surface area contributed by atoms with Gasteiger partial charge in [-0.05, 0) is 36.4 Å². The van der Waals surface area contributed by atoms with Crippen molar-refractivity contribution in [1.29, 1.82) is 0 Å². The summed E-state index contributed by atoms with van der Waals surface area (Å²) in [7, 11) is 0. The maximum Gasteiger partial charge on any atom is 0.276 e. The lowest BCUT2D eigenvalue weighted by Crippen LogP contribution is -2.46. The normalized spacial score (nSPS) is 14.6. The number of amides is 1. The number of piperazine rings is 1. The van der Waals surface area contributed by atoms with Crippen molar-refractivity contribution in [3.05, 3.63) is 84.4 Å². The number of nitrogens with one attached hydrogen (secondary N) is 1. The number of fused-ring (bicyclic) bond motifs is 1. The molecule has 5 rings (SSSR count). The summed E-state index contributed by atoms with van der Waals surface area (Å²) in [6, 6.07) is 19.0. The first kappa shape index (κ1) is 19.2. The van der Waals surface area contributed by atoms with Gasteiger partial charge < -0.3 is 14.6 Å². The van der Waals surface area contributed by atoms with Crippen molar-refractivity contribution in [1.82, 2.24) is 24.5 Å². The second kappa shape index (κ2) is 8.53. The number of carbonyl (C=O) groups excluding carboxylic acids is 1. The molecule has 0 spiro atoms. The Hall–Kier alpha value is -3.78. The van der Waals surface area contributed by atoms with E-state index in [1.54, 1.807) is 6.07 Å². The maximum atomic E-state index is 12.3. The van der Waals surface area contributed by atoms with Gasteiger partial charge in [-0.15, -0.1) is 10.2 Å². The van der Waals surface area contributed by atoms with Gasteiger partial charge in [0.15, 0.2) is 11.5 Å². The van der Waals surface area contributed by atoms with Gasteiger partial charge in [0.1, 0.15) is 5.65 Å². The van der Waals surface area contributed by atoms with Crippen LogP contribution in [0.4, 0.5) is 11.5 Å². The summed E-state index contributed by atoms with van der Waals surface area (Å²) < 4.78 is 2.05.